The minimum Gasteiger partial charge on any atom is -0.350 e. The molecule has 1 atom stereocenters. The number of amides is 1. The summed E-state index contributed by atoms with van der Waals surface area (Å²) in [5.74, 6) is 0.483. The van der Waals surface area contributed by atoms with Gasteiger partial charge in [-0.3, -0.25) is 14.8 Å². The number of carbonyl (C=O) groups is 1. The summed E-state index contributed by atoms with van der Waals surface area (Å²) < 4.78 is 0. The van der Waals surface area contributed by atoms with Crippen LogP contribution in [-0.4, -0.2) is 20.9 Å². The lowest BCUT2D eigenvalue weighted by Gasteiger charge is -2.07. The second kappa shape index (κ2) is 6.58. The Morgan fingerprint density at radius 2 is 2.38 bits per heavy atom. The van der Waals surface area contributed by atoms with Crippen molar-refractivity contribution in [1.82, 2.24) is 20.3 Å². The lowest BCUT2D eigenvalue weighted by Crippen LogP contribution is -2.24. The van der Waals surface area contributed by atoms with E-state index in [1.807, 2.05) is 5.38 Å². The molecule has 1 amide bonds. The van der Waals surface area contributed by atoms with E-state index >= 15 is 0 Å². The summed E-state index contributed by atoms with van der Waals surface area (Å²) in [7, 11) is 0. The smallest absolute Gasteiger partial charge is 0.220 e. The molecule has 1 N–H and O–H groups in total. The van der Waals surface area contributed by atoms with Gasteiger partial charge in [0, 0.05) is 24.2 Å². The quantitative estimate of drug-likeness (QED) is 0.862. The average Bonchev–Trinajstić information content (AvgIpc) is 3.17. The highest BCUT2D eigenvalue weighted by Gasteiger charge is 2.14. The van der Waals surface area contributed by atoms with Gasteiger partial charge < -0.3 is 5.32 Å². The summed E-state index contributed by atoms with van der Waals surface area (Å²) in [5, 5.41) is 5.70. The van der Waals surface area contributed by atoms with Crippen molar-refractivity contribution in [3.8, 4) is 10.7 Å². The first-order valence-electron chi connectivity index (χ1n) is 6.95. The van der Waals surface area contributed by atoms with Gasteiger partial charge in [-0.15, -0.1) is 11.3 Å². The maximum atomic E-state index is 11.9. The molecule has 0 aromatic carbocycles. The fraction of sp³-hybridized carbons (Fsp3) is 0.333. The van der Waals surface area contributed by atoms with Crippen LogP contribution in [0.4, 0.5) is 0 Å². The predicted molar refractivity (Wildman–Crippen MR) is 81.5 cm³/mol. The number of rotatable bonds is 5. The normalized spacial score (nSPS) is 17.0. The molecule has 2 aromatic rings. The van der Waals surface area contributed by atoms with Gasteiger partial charge in [0.2, 0.25) is 5.91 Å². The van der Waals surface area contributed by atoms with Crippen molar-refractivity contribution in [3.63, 3.8) is 0 Å². The molecule has 0 saturated carbocycles. The Labute approximate surface area is 127 Å². The number of aromatic nitrogens is 3. The Bertz CT molecular complexity index is 638. The minimum atomic E-state index is 0.0839. The van der Waals surface area contributed by atoms with Crippen molar-refractivity contribution >= 4 is 17.2 Å². The Balaban J connectivity index is 1.53. The number of thiazole rings is 1. The SMILES string of the molecule is O=C(C[C@H]1C=CCC1)NCc1csc(-c2cnccn2)n1. The lowest BCUT2D eigenvalue weighted by atomic mass is 10.1. The van der Waals surface area contributed by atoms with Gasteiger partial charge in [0.1, 0.15) is 10.7 Å². The van der Waals surface area contributed by atoms with Crippen LogP contribution in [0, 0.1) is 5.92 Å². The van der Waals surface area contributed by atoms with E-state index in [1.165, 1.54) is 11.3 Å². The summed E-state index contributed by atoms with van der Waals surface area (Å²) >= 11 is 1.51. The fourth-order valence-electron chi connectivity index (χ4n) is 2.28. The second-order valence-electron chi connectivity index (χ2n) is 4.98. The van der Waals surface area contributed by atoms with Crippen LogP contribution in [0.25, 0.3) is 10.7 Å². The molecule has 108 valence electrons. The summed E-state index contributed by atoms with van der Waals surface area (Å²) in [6, 6.07) is 0. The van der Waals surface area contributed by atoms with Crippen molar-refractivity contribution in [3.05, 3.63) is 41.8 Å². The number of allylic oxidation sites excluding steroid dienone is 2. The van der Waals surface area contributed by atoms with Crippen LogP contribution < -0.4 is 5.32 Å². The standard InChI is InChI=1S/C15H16N4OS/c20-14(7-11-3-1-2-4-11)18-8-12-10-21-15(19-12)13-9-16-5-6-17-13/h1,3,5-6,9-11H,2,4,7-8H2,(H,18,20)/t11-/m0/s1. The zero-order chi connectivity index (χ0) is 14.5. The van der Waals surface area contributed by atoms with Crippen LogP contribution >= 0.6 is 11.3 Å². The summed E-state index contributed by atoms with van der Waals surface area (Å²) in [6.07, 6.45) is 12.0. The highest BCUT2D eigenvalue weighted by Crippen LogP contribution is 2.21. The number of hydrogen-bond donors (Lipinski definition) is 1. The Morgan fingerprint density at radius 1 is 1.43 bits per heavy atom. The zero-order valence-corrected chi connectivity index (χ0v) is 12.3. The third-order valence-electron chi connectivity index (χ3n) is 3.36. The molecule has 1 aliphatic carbocycles. The number of nitrogens with zero attached hydrogens (tertiary/aromatic N) is 3. The predicted octanol–water partition coefficient (Wildman–Crippen LogP) is 2.57. The molecule has 0 spiro atoms. The van der Waals surface area contributed by atoms with Crippen molar-refractivity contribution in [2.45, 2.75) is 25.8 Å². The molecule has 0 radical (unpaired) electrons. The van der Waals surface area contributed by atoms with Crippen molar-refractivity contribution in [1.29, 1.82) is 0 Å². The van der Waals surface area contributed by atoms with Gasteiger partial charge in [-0.25, -0.2) is 4.98 Å². The van der Waals surface area contributed by atoms with Crippen LogP contribution in [0.15, 0.2) is 36.1 Å². The van der Waals surface area contributed by atoms with E-state index < -0.39 is 0 Å². The van der Waals surface area contributed by atoms with Crippen LogP contribution in [-0.2, 0) is 11.3 Å². The molecule has 3 rings (SSSR count). The Morgan fingerprint density at radius 3 is 3.14 bits per heavy atom. The summed E-state index contributed by atoms with van der Waals surface area (Å²) in [6.45, 7) is 0.464. The monoisotopic (exact) mass is 300 g/mol. The molecule has 2 aromatic heterocycles. The molecule has 0 fully saturated rings. The molecule has 21 heavy (non-hydrogen) atoms. The van der Waals surface area contributed by atoms with Crippen LogP contribution in [0.3, 0.4) is 0 Å². The topological polar surface area (TPSA) is 67.8 Å². The summed E-state index contributed by atoms with van der Waals surface area (Å²) in [4.78, 5) is 24.6. The first-order chi connectivity index (χ1) is 10.3. The van der Waals surface area contributed by atoms with Gasteiger partial charge in [-0.2, -0.15) is 0 Å². The fourth-order valence-corrected chi connectivity index (χ4v) is 3.06. The van der Waals surface area contributed by atoms with Gasteiger partial charge in [0.05, 0.1) is 18.4 Å². The Kier molecular flexibility index (Phi) is 4.35. The van der Waals surface area contributed by atoms with E-state index in [9.17, 15) is 4.79 Å². The van der Waals surface area contributed by atoms with E-state index in [4.69, 9.17) is 0 Å². The molecule has 2 heterocycles. The van der Waals surface area contributed by atoms with Crippen LogP contribution in [0.5, 0.6) is 0 Å². The molecule has 0 bridgehead atoms. The molecular formula is C15H16N4OS. The highest BCUT2D eigenvalue weighted by molar-refractivity contribution is 7.13. The van der Waals surface area contributed by atoms with Gasteiger partial charge in [0.25, 0.3) is 0 Å². The zero-order valence-electron chi connectivity index (χ0n) is 11.5. The van der Waals surface area contributed by atoms with Gasteiger partial charge in [-0.1, -0.05) is 12.2 Å². The number of nitrogens with one attached hydrogen (secondary N) is 1. The van der Waals surface area contributed by atoms with E-state index in [0.29, 0.717) is 18.9 Å². The first-order valence-corrected chi connectivity index (χ1v) is 7.83. The van der Waals surface area contributed by atoms with Crippen molar-refractivity contribution in [2.24, 2.45) is 5.92 Å². The molecular weight excluding hydrogens is 284 g/mol. The van der Waals surface area contributed by atoms with E-state index in [-0.39, 0.29) is 5.91 Å². The molecule has 6 heteroatoms. The molecule has 0 saturated heterocycles. The minimum absolute atomic E-state index is 0.0839. The molecule has 5 nitrogen and oxygen atoms in total. The second-order valence-corrected chi connectivity index (χ2v) is 5.84. The molecule has 1 aliphatic rings. The highest BCUT2D eigenvalue weighted by atomic mass is 32.1. The third kappa shape index (κ3) is 3.72. The van der Waals surface area contributed by atoms with Crippen LogP contribution in [0.2, 0.25) is 0 Å². The van der Waals surface area contributed by atoms with Gasteiger partial charge in [-0.05, 0) is 18.8 Å². The summed E-state index contributed by atoms with van der Waals surface area (Å²) in [5.41, 5.74) is 1.62. The molecule has 0 aliphatic heterocycles. The molecule has 0 unspecified atom stereocenters. The van der Waals surface area contributed by atoms with E-state index in [1.54, 1.807) is 18.6 Å². The number of carbonyl (C=O) groups excluding carboxylic acids is 1. The maximum absolute atomic E-state index is 11.9. The third-order valence-corrected chi connectivity index (χ3v) is 4.27. The van der Waals surface area contributed by atoms with E-state index in [0.717, 1.165) is 29.2 Å². The van der Waals surface area contributed by atoms with Gasteiger partial charge >= 0.3 is 0 Å². The van der Waals surface area contributed by atoms with Crippen LogP contribution in [0.1, 0.15) is 25.0 Å². The first kappa shape index (κ1) is 13.9. The van der Waals surface area contributed by atoms with Gasteiger partial charge in [0.15, 0.2) is 0 Å². The van der Waals surface area contributed by atoms with E-state index in [2.05, 4.69) is 32.4 Å². The number of hydrogen-bond acceptors (Lipinski definition) is 5. The Hall–Kier alpha value is -2.08. The van der Waals surface area contributed by atoms with Crippen molar-refractivity contribution in [2.75, 3.05) is 0 Å². The average molecular weight is 300 g/mol. The van der Waals surface area contributed by atoms with Crippen molar-refractivity contribution < 1.29 is 4.79 Å². The maximum Gasteiger partial charge on any atom is 0.220 e. The largest absolute Gasteiger partial charge is 0.350 e. The lowest BCUT2D eigenvalue weighted by molar-refractivity contribution is -0.121.